The fourth-order valence-corrected chi connectivity index (χ4v) is 3.98. The third kappa shape index (κ3) is 2.26. The molecule has 1 N–H and O–H groups in total. The van der Waals surface area contributed by atoms with E-state index in [4.69, 9.17) is 0 Å². The highest BCUT2D eigenvalue weighted by Crippen LogP contribution is 2.53. The first-order valence-corrected chi connectivity index (χ1v) is 7.36. The Bertz CT molecular complexity index is 588. The molecule has 1 aromatic heterocycles. The summed E-state index contributed by atoms with van der Waals surface area (Å²) in [7, 11) is 0. The van der Waals surface area contributed by atoms with Gasteiger partial charge >= 0.3 is 0 Å². The first-order chi connectivity index (χ1) is 9.08. The smallest absolute Gasteiger partial charge is 0.243 e. The predicted molar refractivity (Wildman–Crippen MR) is 76.4 cm³/mol. The maximum Gasteiger partial charge on any atom is 0.243 e. The molecule has 1 fully saturated rings. The number of carbonyl (C=O) groups is 1. The lowest BCUT2D eigenvalue weighted by atomic mass is 10.1. The van der Waals surface area contributed by atoms with Crippen LogP contribution in [0.4, 0.5) is 0 Å². The lowest BCUT2D eigenvalue weighted by Gasteiger charge is -2.21. The zero-order valence-electron chi connectivity index (χ0n) is 11.0. The summed E-state index contributed by atoms with van der Waals surface area (Å²) in [6.45, 7) is 3.31. The number of thiophene rings is 1. The monoisotopic (exact) mass is 275 g/mol. The van der Waals surface area contributed by atoms with Gasteiger partial charge in [0.05, 0.1) is 6.04 Å². The Morgan fingerprint density at radius 1 is 1.47 bits per heavy atom. The summed E-state index contributed by atoms with van der Waals surface area (Å²) >= 11 is 1.82. The zero-order valence-corrected chi connectivity index (χ0v) is 11.9. The summed E-state index contributed by atoms with van der Waals surface area (Å²) in [6, 6.07) is 10.5. The molecule has 100 valence electrons. The van der Waals surface area contributed by atoms with Crippen LogP contribution in [0.1, 0.15) is 31.1 Å². The molecule has 19 heavy (non-hydrogen) atoms. The Morgan fingerprint density at radius 2 is 2.21 bits per heavy atom. The van der Waals surface area contributed by atoms with Gasteiger partial charge in [0.15, 0.2) is 0 Å². The predicted octanol–water partition coefficient (Wildman–Crippen LogP) is 3.63. The molecule has 0 radical (unpaired) electrons. The molecule has 3 rings (SSSR count). The number of rotatable bonds is 3. The minimum Gasteiger partial charge on any atom is -0.286 e. The highest BCUT2D eigenvalue weighted by Gasteiger charge is 2.45. The maximum atomic E-state index is 11.2. The highest BCUT2D eigenvalue weighted by molar-refractivity contribution is 7.19. The van der Waals surface area contributed by atoms with E-state index in [0.29, 0.717) is 11.8 Å². The quantitative estimate of drug-likeness (QED) is 0.686. The fraction of sp³-hybridized carbons (Fsp3) is 0.400. The van der Waals surface area contributed by atoms with E-state index in [1.165, 1.54) is 21.9 Å². The first-order valence-electron chi connectivity index (χ1n) is 6.55. The summed E-state index contributed by atoms with van der Waals surface area (Å²) in [6.07, 6.45) is 1.05. The van der Waals surface area contributed by atoms with Gasteiger partial charge in [0, 0.05) is 16.5 Å². The Balaban J connectivity index is 1.77. The van der Waals surface area contributed by atoms with Crippen LogP contribution in [0, 0.1) is 5.92 Å². The Hall–Kier alpha value is -1.39. The summed E-state index contributed by atoms with van der Waals surface area (Å²) in [5, 5.41) is 11.9. The minimum atomic E-state index is -0.283. The van der Waals surface area contributed by atoms with E-state index in [1.807, 2.05) is 18.3 Å². The fourth-order valence-electron chi connectivity index (χ4n) is 2.73. The highest BCUT2D eigenvalue weighted by atomic mass is 32.1. The van der Waals surface area contributed by atoms with Crippen LogP contribution in [0.3, 0.4) is 0 Å². The molecule has 3 unspecified atom stereocenters. The lowest BCUT2D eigenvalue weighted by Crippen LogP contribution is -2.35. The number of hydrogen-bond donors (Lipinski definition) is 1. The number of fused-ring (bicyclic) bond motifs is 1. The van der Waals surface area contributed by atoms with Crippen molar-refractivity contribution in [3.05, 3.63) is 35.2 Å². The second-order valence-electron chi connectivity index (χ2n) is 5.30. The van der Waals surface area contributed by atoms with Gasteiger partial charge < -0.3 is 0 Å². The van der Waals surface area contributed by atoms with E-state index in [9.17, 15) is 10.0 Å². The third-order valence-electron chi connectivity index (χ3n) is 3.98. The van der Waals surface area contributed by atoms with Crippen molar-refractivity contribution in [2.24, 2.45) is 5.92 Å². The van der Waals surface area contributed by atoms with Gasteiger partial charge in [-0.1, -0.05) is 18.2 Å². The van der Waals surface area contributed by atoms with Gasteiger partial charge in [-0.2, -0.15) is 0 Å². The standard InChI is InChI=1S/C15H17NO2S/c1-9(16(18)10(2)17)12-8-13(12)15-7-11-5-3-4-6-14(11)19-15/h3-7,9,12-13,18H,8H2,1-2H3. The average Bonchev–Trinajstić information content (AvgIpc) is 3.08. The third-order valence-corrected chi connectivity index (χ3v) is 5.23. The van der Waals surface area contributed by atoms with Crippen LogP contribution in [-0.4, -0.2) is 22.2 Å². The van der Waals surface area contributed by atoms with Gasteiger partial charge in [-0.25, -0.2) is 5.06 Å². The topological polar surface area (TPSA) is 40.5 Å². The van der Waals surface area contributed by atoms with Gasteiger partial charge in [0.25, 0.3) is 0 Å². The van der Waals surface area contributed by atoms with Crippen LogP contribution in [-0.2, 0) is 4.79 Å². The van der Waals surface area contributed by atoms with Gasteiger partial charge in [0.2, 0.25) is 5.91 Å². The molecule has 1 amide bonds. The van der Waals surface area contributed by atoms with Crippen molar-refractivity contribution < 1.29 is 10.0 Å². The molecule has 0 saturated heterocycles. The van der Waals surface area contributed by atoms with Crippen molar-refractivity contribution in [2.45, 2.75) is 32.2 Å². The molecule has 3 atom stereocenters. The van der Waals surface area contributed by atoms with E-state index in [1.54, 1.807) is 0 Å². The summed E-state index contributed by atoms with van der Waals surface area (Å²) in [5.74, 6) is 0.581. The Labute approximate surface area is 116 Å². The van der Waals surface area contributed by atoms with Gasteiger partial charge in [-0.15, -0.1) is 11.3 Å². The maximum absolute atomic E-state index is 11.2. The molecule has 4 heteroatoms. The van der Waals surface area contributed by atoms with Gasteiger partial charge in [-0.05, 0) is 42.7 Å². The molecular weight excluding hydrogens is 258 g/mol. The van der Waals surface area contributed by atoms with E-state index >= 15 is 0 Å². The van der Waals surface area contributed by atoms with E-state index in [-0.39, 0.29) is 11.9 Å². The van der Waals surface area contributed by atoms with Crippen LogP contribution in [0.15, 0.2) is 30.3 Å². The minimum absolute atomic E-state index is 0.104. The van der Waals surface area contributed by atoms with Crippen LogP contribution in [0.5, 0.6) is 0 Å². The molecule has 1 heterocycles. The molecule has 1 saturated carbocycles. The van der Waals surface area contributed by atoms with Crippen molar-refractivity contribution in [1.29, 1.82) is 0 Å². The van der Waals surface area contributed by atoms with Crippen molar-refractivity contribution in [2.75, 3.05) is 0 Å². The molecule has 2 aromatic rings. The molecule has 1 aliphatic carbocycles. The van der Waals surface area contributed by atoms with E-state index < -0.39 is 0 Å². The normalized spacial score (nSPS) is 23.3. The molecular formula is C15H17NO2S. The number of hydroxylamine groups is 2. The average molecular weight is 275 g/mol. The number of carbonyl (C=O) groups excluding carboxylic acids is 1. The second-order valence-corrected chi connectivity index (χ2v) is 6.41. The van der Waals surface area contributed by atoms with Crippen molar-refractivity contribution in [3.63, 3.8) is 0 Å². The van der Waals surface area contributed by atoms with Crippen LogP contribution < -0.4 is 0 Å². The number of hydrogen-bond acceptors (Lipinski definition) is 3. The molecule has 0 aliphatic heterocycles. The van der Waals surface area contributed by atoms with Gasteiger partial charge in [0.1, 0.15) is 0 Å². The zero-order chi connectivity index (χ0) is 13.6. The van der Waals surface area contributed by atoms with Crippen LogP contribution >= 0.6 is 11.3 Å². The molecule has 3 nitrogen and oxygen atoms in total. The summed E-state index contributed by atoms with van der Waals surface area (Å²) in [4.78, 5) is 12.6. The SMILES string of the molecule is CC(=O)N(O)C(C)C1CC1c1cc2ccccc2s1. The van der Waals surface area contributed by atoms with E-state index in [0.717, 1.165) is 11.5 Å². The lowest BCUT2D eigenvalue weighted by molar-refractivity contribution is -0.173. The Kier molecular flexibility index (Phi) is 3.07. The summed E-state index contributed by atoms with van der Waals surface area (Å²) < 4.78 is 1.31. The Morgan fingerprint density at radius 3 is 2.89 bits per heavy atom. The van der Waals surface area contributed by atoms with Crippen molar-refractivity contribution in [1.82, 2.24) is 5.06 Å². The first kappa shape index (κ1) is 12.6. The number of nitrogens with zero attached hydrogens (tertiary/aromatic N) is 1. The largest absolute Gasteiger partial charge is 0.286 e. The van der Waals surface area contributed by atoms with Crippen molar-refractivity contribution >= 4 is 27.3 Å². The summed E-state index contributed by atoms with van der Waals surface area (Å²) in [5.41, 5.74) is 0. The van der Waals surface area contributed by atoms with E-state index in [2.05, 4.69) is 30.3 Å². The van der Waals surface area contributed by atoms with Crippen molar-refractivity contribution in [3.8, 4) is 0 Å². The molecule has 0 bridgehead atoms. The van der Waals surface area contributed by atoms with Crippen LogP contribution in [0.2, 0.25) is 0 Å². The number of benzene rings is 1. The molecule has 1 aromatic carbocycles. The molecule has 0 spiro atoms. The number of amides is 1. The van der Waals surface area contributed by atoms with Crippen LogP contribution in [0.25, 0.3) is 10.1 Å². The second kappa shape index (κ2) is 4.62. The van der Waals surface area contributed by atoms with Gasteiger partial charge in [-0.3, -0.25) is 10.0 Å². The molecule has 1 aliphatic rings.